The number of benzene rings is 1. The molecule has 102 valence electrons. The standard InChI is InChI=1S/C14H17N3O.ClH/c15-9-2-4-13-11(7-9)10-5-8(6-14(16)18)1-3-12(10)17-13;/h1,3,5,9,17H,2,4,6-7,15H2,(H2,16,18);1H. The summed E-state index contributed by atoms with van der Waals surface area (Å²) in [6.07, 6.45) is 3.25. The second-order valence-electron chi connectivity index (χ2n) is 5.11. The summed E-state index contributed by atoms with van der Waals surface area (Å²) in [7, 11) is 0. The molecule has 1 aliphatic carbocycles. The van der Waals surface area contributed by atoms with Gasteiger partial charge in [0, 0.05) is 22.6 Å². The molecule has 3 rings (SSSR count). The predicted molar refractivity (Wildman–Crippen MR) is 78.4 cm³/mol. The van der Waals surface area contributed by atoms with Crippen molar-refractivity contribution < 1.29 is 4.79 Å². The number of rotatable bonds is 2. The minimum atomic E-state index is -0.296. The lowest BCUT2D eigenvalue weighted by Gasteiger charge is -2.18. The molecule has 1 atom stereocenters. The van der Waals surface area contributed by atoms with Crippen LogP contribution in [0.25, 0.3) is 10.9 Å². The Labute approximate surface area is 118 Å². The summed E-state index contributed by atoms with van der Waals surface area (Å²) in [6.45, 7) is 0. The molecule has 1 heterocycles. The van der Waals surface area contributed by atoms with Gasteiger partial charge in [0.25, 0.3) is 0 Å². The van der Waals surface area contributed by atoms with E-state index in [-0.39, 0.29) is 24.4 Å². The van der Waals surface area contributed by atoms with Crippen molar-refractivity contribution in [2.75, 3.05) is 0 Å². The molecule has 0 saturated carbocycles. The molecule has 5 N–H and O–H groups in total. The summed E-state index contributed by atoms with van der Waals surface area (Å²) in [5.74, 6) is -0.296. The molecule has 1 unspecified atom stereocenters. The summed E-state index contributed by atoms with van der Waals surface area (Å²) < 4.78 is 0. The van der Waals surface area contributed by atoms with Crippen LogP contribution in [0, 0.1) is 0 Å². The molecule has 19 heavy (non-hydrogen) atoms. The number of fused-ring (bicyclic) bond motifs is 3. The van der Waals surface area contributed by atoms with E-state index in [4.69, 9.17) is 11.5 Å². The fourth-order valence-corrected chi connectivity index (χ4v) is 2.80. The van der Waals surface area contributed by atoms with E-state index in [1.807, 2.05) is 12.1 Å². The van der Waals surface area contributed by atoms with Gasteiger partial charge >= 0.3 is 0 Å². The highest BCUT2D eigenvalue weighted by atomic mass is 35.5. The van der Waals surface area contributed by atoms with Crippen LogP contribution in [0.3, 0.4) is 0 Å². The van der Waals surface area contributed by atoms with Crippen LogP contribution in [0.15, 0.2) is 18.2 Å². The van der Waals surface area contributed by atoms with Crippen LogP contribution in [0.2, 0.25) is 0 Å². The van der Waals surface area contributed by atoms with Gasteiger partial charge in [-0.2, -0.15) is 0 Å². The van der Waals surface area contributed by atoms with Crippen molar-refractivity contribution in [3.63, 3.8) is 0 Å². The van der Waals surface area contributed by atoms with Gasteiger partial charge in [-0.1, -0.05) is 6.07 Å². The minimum absolute atomic E-state index is 0. The summed E-state index contributed by atoms with van der Waals surface area (Å²) in [5, 5.41) is 1.19. The number of aromatic amines is 1. The number of carbonyl (C=O) groups is 1. The number of amides is 1. The van der Waals surface area contributed by atoms with E-state index in [1.54, 1.807) is 0 Å². The third-order valence-electron chi connectivity index (χ3n) is 3.67. The first kappa shape index (κ1) is 13.9. The van der Waals surface area contributed by atoms with Crippen LogP contribution in [0.1, 0.15) is 23.2 Å². The van der Waals surface area contributed by atoms with E-state index in [1.165, 1.54) is 16.6 Å². The summed E-state index contributed by atoms with van der Waals surface area (Å²) in [5.41, 5.74) is 16.0. The van der Waals surface area contributed by atoms with E-state index in [2.05, 4.69) is 11.1 Å². The second kappa shape index (κ2) is 5.23. The molecule has 1 aromatic carbocycles. The molecule has 0 fully saturated rings. The van der Waals surface area contributed by atoms with Crippen molar-refractivity contribution in [2.24, 2.45) is 11.5 Å². The number of halogens is 1. The zero-order chi connectivity index (χ0) is 12.7. The Morgan fingerprint density at radius 2 is 2.21 bits per heavy atom. The first-order valence-corrected chi connectivity index (χ1v) is 6.29. The molecular weight excluding hydrogens is 262 g/mol. The van der Waals surface area contributed by atoms with Crippen molar-refractivity contribution in [3.8, 4) is 0 Å². The minimum Gasteiger partial charge on any atom is -0.369 e. The van der Waals surface area contributed by atoms with Gasteiger partial charge in [0.15, 0.2) is 0 Å². The monoisotopic (exact) mass is 279 g/mol. The maximum absolute atomic E-state index is 11.0. The third kappa shape index (κ3) is 2.60. The Bertz CT molecular complexity index is 620. The number of hydrogen-bond donors (Lipinski definition) is 3. The summed E-state index contributed by atoms with van der Waals surface area (Å²) in [6, 6.07) is 6.29. The fraction of sp³-hybridized carbons (Fsp3) is 0.357. The maximum atomic E-state index is 11.0. The summed E-state index contributed by atoms with van der Waals surface area (Å²) in [4.78, 5) is 14.4. The normalized spacial score (nSPS) is 17.8. The van der Waals surface area contributed by atoms with E-state index >= 15 is 0 Å². The first-order valence-electron chi connectivity index (χ1n) is 6.29. The van der Waals surface area contributed by atoms with Crippen LogP contribution in [0.4, 0.5) is 0 Å². The topological polar surface area (TPSA) is 84.9 Å². The lowest BCUT2D eigenvalue weighted by molar-refractivity contribution is -0.117. The lowest BCUT2D eigenvalue weighted by Crippen LogP contribution is -2.27. The van der Waals surface area contributed by atoms with Crippen molar-refractivity contribution in [2.45, 2.75) is 31.7 Å². The van der Waals surface area contributed by atoms with E-state index < -0.39 is 0 Å². The first-order chi connectivity index (χ1) is 8.63. The Morgan fingerprint density at radius 1 is 1.42 bits per heavy atom. The van der Waals surface area contributed by atoms with E-state index in [0.717, 1.165) is 30.3 Å². The number of nitrogens with one attached hydrogen (secondary N) is 1. The van der Waals surface area contributed by atoms with Gasteiger partial charge in [-0.15, -0.1) is 12.4 Å². The van der Waals surface area contributed by atoms with Crippen molar-refractivity contribution >= 4 is 29.2 Å². The molecule has 1 aromatic heterocycles. The van der Waals surface area contributed by atoms with Crippen molar-refractivity contribution in [1.29, 1.82) is 0 Å². The Hall–Kier alpha value is -1.52. The van der Waals surface area contributed by atoms with Crippen LogP contribution in [-0.2, 0) is 24.1 Å². The largest absolute Gasteiger partial charge is 0.369 e. The van der Waals surface area contributed by atoms with Gasteiger partial charge in [0.1, 0.15) is 0 Å². The Balaban J connectivity index is 0.00000133. The highest BCUT2D eigenvalue weighted by Crippen LogP contribution is 2.29. The maximum Gasteiger partial charge on any atom is 0.221 e. The molecule has 0 aliphatic heterocycles. The van der Waals surface area contributed by atoms with Crippen LogP contribution in [-0.4, -0.2) is 16.9 Å². The van der Waals surface area contributed by atoms with Crippen LogP contribution in [0.5, 0.6) is 0 Å². The van der Waals surface area contributed by atoms with E-state index in [0.29, 0.717) is 6.42 Å². The number of aromatic nitrogens is 1. The molecule has 0 saturated heterocycles. The average Bonchev–Trinajstić information content (AvgIpc) is 2.66. The molecule has 1 aliphatic rings. The number of hydrogen-bond acceptors (Lipinski definition) is 2. The van der Waals surface area contributed by atoms with Gasteiger partial charge in [0.2, 0.25) is 5.91 Å². The number of aryl methyl sites for hydroxylation is 1. The highest BCUT2D eigenvalue weighted by Gasteiger charge is 2.20. The molecule has 1 amide bonds. The van der Waals surface area contributed by atoms with Crippen molar-refractivity contribution in [1.82, 2.24) is 4.98 Å². The zero-order valence-corrected chi connectivity index (χ0v) is 11.4. The smallest absolute Gasteiger partial charge is 0.221 e. The quantitative estimate of drug-likeness (QED) is 0.777. The predicted octanol–water partition coefficient (Wildman–Crippen LogP) is 1.43. The van der Waals surface area contributed by atoms with Gasteiger partial charge in [0.05, 0.1) is 6.42 Å². The Kier molecular flexibility index (Phi) is 3.83. The van der Waals surface area contributed by atoms with Gasteiger partial charge < -0.3 is 16.5 Å². The zero-order valence-electron chi connectivity index (χ0n) is 10.6. The van der Waals surface area contributed by atoms with Gasteiger partial charge in [-0.3, -0.25) is 4.79 Å². The lowest BCUT2D eigenvalue weighted by atomic mass is 9.91. The average molecular weight is 280 g/mol. The molecule has 0 bridgehead atoms. The number of H-pyrrole nitrogens is 1. The molecule has 0 radical (unpaired) electrons. The Morgan fingerprint density at radius 3 is 2.95 bits per heavy atom. The molecule has 4 nitrogen and oxygen atoms in total. The van der Waals surface area contributed by atoms with E-state index in [9.17, 15) is 4.79 Å². The van der Waals surface area contributed by atoms with Crippen LogP contribution < -0.4 is 11.5 Å². The number of carbonyl (C=O) groups excluding carboxylic acids is 1. The molecule has 2 aromatic rings. The molecule has 0 spiro atoms. The molecular formula is C14H18ClN3O. The van der Waals surface area contributed by atoms with Crippen LogP contribution >= 0.6 is 12.4 Å². The van der Waals surface area contributed by atoms with Crippen molar-refractivity contribution in [3.05, 3.63) is 35.0 Å². The SMILES string of the molecule is Cl.NC(=O)Cc1ccc2[nH]c3c(c2c1)CC(N)CC3. The number of primary amides is 1. The van der Waals surface area contributed by atoms with Gasteiger partial charge in [-0.25, -0.2) is 0 Å². The fourth-order valence-electron chi connectivity index (χ4n) is 2.80. The highest BCUT2D eigenvalue weighted by molar-refractivity contribution is 5.87. The number of nitrogens with two attached hydrogens (primary N) is 2. The molecule has 5 heteroatoms. The summed E-state index contributed by atoms with van der Waals surface area (Å²) >= 11 is 0. The third-order valence-corrected chi connectivity index (χ3v) is 3.67. The van der Waals surface area contributed by atoms with Gasteiger partial charge in [-0.05, 0) is 42.5 Å². The second-order valence-corrected chi connectivity index (χ2v) is 5.11.